The molecule has 0 saturated carbocycles. The lowest BCUT2D eigenvalue weighted by Gasteiger charge is -2.32. The number of piperidine rings is 1. The van der Waals surface area contributed by atoms with Crippen molar-refractivity contribution in [3.05, 3.63) is 54.1 Å². The summed E-state index contributed by atoms with van der Waals surface area (Å²) < 4.78 is 5.78. The molecule has 2 amide bonds. The SMILES string of the molecule is CC(Oc1ccc(C(C)C)cc1)C(=O)NC1CCN(C(=O)c2cnccn2)CC1. The minimum atomic E-state index is -0.584. The fourth-order valence-corrected chi connectivity index (χ4v) is 3.31. The number of nitrogens with one attached hydrogen (secondary N) is 1. The van der Waals surface area contributed by atoms with Crippen LogP contribution in [0.5, 0.6) is 5.75 Å². The van der Waals surface area contributed by atoms with Crippen LogP contribution in [0.1, 0.15) is 55.6 Å². The molecule has 2 aromatic rings. The maximum atomic E-state index is 12.5. The van der Waals surface area contributed by atoms with Crippen LogP contribution in [0.15, 0.2) is 42.9 Å². The Labute approximate surface area is 171 Å². The monoisotopic (exact) mass is 396 g/mol. The molecule has 1 fully saturated rings. The molecule has 1 N–H and O–H groups in total. The molecule has 1 unspecified atom stereocenters. The summed E-state index contributed by atoms with van der Waals surface area (Å²) in [6, 6.07) is 7.87. The first kappa shape index (κ1) is 20.8. The third-order valence-electron chi connectivity index (χ3n) is 5.14. The Balaban J connectivity index is 1.46. The molecule has 1 aliphatic heterocycles. The van der Waals surface area contributed by atoms with Crippen LogP contribution < -0.4 is 10.1 Å². The van der Waals surface area contributed by atoms with Gasteiger partial charge in [-0.2, -0.15) is 0 Å². The van der Waals surface area contributed by atoms with Crippen molar-refractivity contribution in [3.8, 4) is 5.75 Å². The van der Waals surface area contributed by atoms with Gasteiger partial charge in [-0.3, -0.25) is 14.6 Å². The van der Waals surface area contributed by atoms with Crippen LogP contribution in [0.3, 0.4) is 0 Å². The molecule has 1 atom stereocenters. The van der Waals surface area contributed by atoms with Gasteiger partial charge in [0.05, 0.1) is 6.20 Å². The first-order valence-corrected chi connectivity index (χ1v) is 10.1. The van der Waals surface area contributed by atoms with Crippen LogP contribution in [0.4, 0.5) is 0 Å². The van der Waals surface area contributed by atoms with E-state index >= 15 is 0 Å². The highest BCUT2D eigenvalue weighted by Gasteiger charge is 2.26. The number of amides is 2. The summed E-state index contributed by atoms with van der Waals surface area (Å²) in [5.74, 6) is 0.874. The summed E-state index contributed by atoms with van der Waals surface area (Å²) in [5.41, 5.74) is 1.58. The maximum Gasteiger partial charge on any atom is 0.274 e. The van der Waals surface area contributed by atoms with Gasteiger partial charge >= 0.3 is 0 Å². The number of ether oxygens (including phenoxy) is 1. The minimum absolute atomic E-state index is 0.0303. The van der Waals surface area contributed by atoms with Crippen molar-refractivity contribution in [1.82, 2.24) is 20.2 Å². The predicted molar refractivity (Wildman–Crippen MR) is 110 cm³/mol. The summed E-state index contributed by atoms with van der Waals surface area (Å²) in [4.78, 5) is 34.7. The van der Waals surface area contributed by atoms with Crippen LogP contribution >= 0.6 is 0 Å². The molecular formula is C22H28N4O3. The first-order valence-electron chi connectivity index (χ1n) is 10.1. The van der Waals surface area contributed by atoms with Gasteiger partial charge in [0.25, 0.3) is 11.8 Å². The van der Waals surface area contributed by atoms with Crippen LogP contribution in [0, 0.1) is 0 Å². The van der Waals surface area contributed by atoms with E-state index in [1.54, 1.807) is 18.0 Å². The van der Waals surface area contributed by atoms with E-state index in [-0.39, 0.29) is 17.9 Å². The average molecular weight is 396 g/mol. The standard InChI is InChI=1S/C22H28N4O3/c1-15(2)17-4-6-19(7-5-17)29-16(3)21(27)25-18-8-12-26(13-9-18)22(28)20-14-23-10-11-24-20/h4-7,10-11,14-16,18H,8-9,12-13H2,1-3H3,(H,25,27). The van der Waals surface area contributed by atoms with E-state index in [0.717, 1.165) is 0 Å². The smallest absolute Gasteiger partial charge is 0.274 e. The minimum Gasteiger partial charge on any atom is -0.481 e. The summed E-state index contributed by atoms with van der Waals surface area (Å²) in [6.45, 7) is 7.17. The molecule has 1 aromatic carbocycles. The van der Waals surface area contributed by atoms with Crippen molar-refractivity contribution in [2.24, 2.45) is 0 Å². The van der Waals surface area contributed by atoms with E-state index in [2.05, 4.69) is 29.1 Å². The lowest BCUT2D eigenvalue weighted by atomic mass is 10.0. The molecule has 1 aliphatic rings. The number of carbonyl (C=O) groups excluding carboxylic acids is 2. The maximum absolute atomic E-state index is 12.5. The fourth-order valence-electron chi connectivity index (χ4n) is 3.31. The molecular weight excluding hydrogens is 368 g/mol. The van der Waals surface area contributed by atoms with E-state index in [4.69, 9.17) is 4.74 Å². The number of carbonyl (C=O) groups is 2. The van der Waals surface area contributed by atoms with Gasteiger partial charge in [-0.15, -0.1) is 0 Å². The Morgan fingerprint density at radius 1 is 1.10 bits per heavy atom. The number of hydrogen-bond donors (Lipinski definition) is 1. The Morgan fingerprint density at radius 2 is 1.79 bits per heavy atom. The highest BCUT2D eigenvalue weighted by atomic mass is 16.5. The highest BCUT2D eigenvalue weighted by Crippen LogP contribution is 2.20. The Bertz CT molecular complexity index is 816. The second kappa shape index (κ2) is 9.49. The molecule has 0 radical (unpaired) electrons. The lowest BCUT2D eigenvalue weighted by Crippen LogP contribution is -2.49. The Kier molecular flexibility index (Phi) is 6.80. The second-order valence-corrected chi connectivity index (χ2v) is 7.65. The zero-order valence-corrected chi connectivity index (χ0v) is 17.2. The average Bonchev–Trinajstić information content (AvgIpc) is 2.74. The number of likely N-dealkylation sites (tertiary alicyclic amines) is 1. The number of rotatable bonds is 6. The summed E-state index contributed by atoms with van der Waals surface area (Å²) in [7, 11) is 0. The summed E-state index contributed by atoms with van der Waals surface area (Å²) in [6.07, 6.45) is 5.35. The normalized spacial score (nSPS) is 15.8. The third-order valence-corrected chi connectivity index (χ3v) is 5.14. The molecule has 29 heavy (non-hydrogen) atoms. The van der Waals surface area contributed by atoms with Crippen molar-refractivity contribution < 1.29 is 14.3 Å². The number of hydrogen-bond acceptors (Lipinski definition) is 5. The quantitative estimate of drug-likeness (QED) is 0.812. The van der Waals surface area contributed by atoms with Crippen LogP contribution in [0.25, 0.3) is 0 Å². The van der Waals surface area contributed by atoms with Gasteiger partial charge in [0.15, 0.2) is 6.10 Å². The highest BCUT2D eigenvalue weighted by molar-refractivity contribution is 5.92. The van der Waals surface area contributed by atoms with E-state index in [0.29, 0.717) is 43.3 Å². The van der Waals surface area contributed by atoms with E-state index in [1.165, 1.54) is 18.0 Å². The van der Waals surface area contributed by atoms with Gasteiger partial charge in [-0.1, -0.05) is 26.0 Å². The largest absolute Gasteiger partial charge is 0.481 e. The number of benzene rings is 1. The van der Waals surface area contributed by atoms with Gasteiger partial charge in [-0.05, 0) is 43.4 Å². The molecule has 1 aromatic heterocycles. The number of aromatic nitrogens is 2. The van der Waals surface area contributed by atoms with Gasteiger partial charge < -0.3 is 15.0 Å². The van der Waals surface area contributed by atoms with Gasteiger partial charge in [0, 0.05) is 31.5 Å². The van der Waals surface area contributed by atoms with Crippen LogP contribution in [0.2, 0.25) is 0 Å². The van der Waals surface area contributed by atoms with Crippen LogP contribution in [-0.2, 0) is 4.79 Å². The third kappa shape index (κ3) is 5.53. The second-order valence-electron chi connectivity index (χ2n) is 7.65. The molecule has 7 heteroatoms. The van der Waals surface area contributed by atoms with E-state index in [9.17, 15) is 9.59 Å². The molecule has 2 heterocycles. The first-order chi connectivity index (χ1) is 13.9. The van der Waals surface area contributed by atoms with Gasteiger partial charge in [-0.25, -0.2) is 4.98 Å². The molecule has 7 nitrogen and oxygen atoms in total. The molecule has 0 aliphatic carbocycles. The van der Waals surface area contributed by atoms with Crippen molar-refractivity contribution >= 4 is 11.8 Å². The number of nitrogens with zero attached hydrogens (tertiary/aromatic N) is 3. The summed E-state index contributed by atoms with van der Waals surface area (Å²) in [5, 5.41) is 3.04. The summed E-state index contributed by atoms with van der Waals surface area (Å²) >= 11 is 0. The Hall–Kier alpha value is -2.96. The Morgan fingerprint density at radius 3 is 2.38 bits per heavy atom. The van der Waals surface area contributed by atoms with E-state index in [1.807, 2.05) is 24.3 Å². The predicted octanol–water partition coefficient (Wildman–Crippen LogP) is 2.79. The van der Waals surface area contributed by atoms with Crippen molar-refractivity contribution in [1.29, 1.82) is 0 Å². The zero-order chi connectivity index (χ0) is 20.8. The molecule has 1 saturated heterocycles. The van der Waals surface area contributed by atoms with E-state index < -0.39 is 6.10 Å². The van der Waals surface area contributed by atoms with Crippen LogP contribution in [-0.4, -0.2) is 51.9 Å². The van der Waals surface area contributed by atoms with Crippen molar-refractivity contribution in [2.75, 3.05) is 13.1 Å². The lowest BCUT2D eigenvalue weighted by molar-refractivity contribution is -0.128. The van der Waals surface area contributed by atoms with Crippen molar-refractivity contribution in [2.45, 2.75) is 51.7 Å². The molecule has 0 spiro atoms. The fraction of sp³-hybridized carbons (Fsp3) is 0.455. The molecule has 3 rings (SSSR count). The van der Waals surface area contributed by atoms with Crippen molar-refractivity contribution in [3.63, 3.8) is 0 Å². The van der Waals surface area contributed by atoms with Gasteiger partial charge in [0.1, 0.15) is 11.4 Å². The topological polar surface area (TPSA) is 84.4 Å². The molecule has 154 valence electrons. The molecule has 0 bridgehead atoms. The zero-order valence-electron chi connectivity index (χ0n) is 17.2. The van der Waals surface area contributed by atoms with Gasteiger partial charge in [0.2, 0.25) is 0 Å².